The lowest BCUT2D eigenvalue weighted by molar-refractivity contribution is 0.399. The summed E-state index contributed by atoms with van der Waals surface area (Å²) in [5, 5.41) is 2.62. The molecule has 0 N–H and O–H groups in total. The van der Waals surface area contributed by atoms with Crippen molar-refractivity contribution in [2.24, 2.45) is 0 Å². The van der Waals surface area contributed by atoms with E-state index in [-0.39, 0.29) is 27.1 Å². The summed E-state index contributed by atoms with van der Waals surface area (Å²) < 4.78 is 0. The summed E-state index contributed by atoms with van der Waals surface area (Å²) >= 11 is 0. The molecule has 6 aromatic carbocycles. The van der Waals surface area contributed by atoms with Crippen LogP contribution >= 0.6 is 0 Å². The molecule has 1 aliphatic heterocycles. The Hall–Kier alpha value is -5.40. The van der Waals surface area contributed by atoms with E-state index in [2.05, 4.69) is 227 Å². The Bertz CT molecular complexity index is 2920. The monoisotopic (exact) mass is 767 g/mol. The van der Waals surface area contributed by atoms with Crippen molar-refractivity contribution >= 4 is 22.1 Å². The second-order valence-corrected chi connectivity index (χ2v) is 21.2. The first-order chi connectivity index (χ1) is 27.9. The molecule has 0 saturated carbocycles. The Balaban J connectivity index is 1.29. The number of hydrogen-bond acceptors (Lipinski definition) is 1. The van der Waals surface area contributed by atoms with Gasteiger partial charge in [0.05, 0.1) is 5.54 Å². The lowest BCUT2D eigenvalue weighted by Gasteiger charge is -2.62. The van der Waals surface area contributed by atoms with Crippen molar-refractivity contribution in [1.82, 2.24) is 0 Å². The molecule has 5 aliphatic rings. The van der Waals surface area contributed by atoms with Gasteiger partial charge in [-0.3, -0.25) is 0 Å². The molecule has 4 aliphatic carbocycles. The van der Waals surface area contributed by atoms with Crippen LogP contribution in [0.15, 0.2) is 162 Å². The minimum absolute atomic E-state index is 0.0600. The minimum atomic E-state index is -0.487. The van der Waals surface area contributed by atoms with E-state index in [1.165, 1.54) is 88.9 Å². The van der Waals surface area contributed by atoms with Gasteiger partial charge in [-0.25, -0.2) is 0 Å². The lowest BCUT2D eigenvalue weighted by atomic mass is 9.46. The molecule has 0 amide bonds. The molecule has 0 radical (unpaired) electrons. The summed E-state index contributed by atoms with van der Waals surface area (Å²) in [7, 11) is 0. The van der Waals surface area contributed by atoms with E-state index in [0.717, 1.165) is 0 Å². The molecule has 1 heterocycles. The highest BCUT2D eigenvalue weighted by Gasteiger charge is 2.65. The van der Waals surface area contributed by atoms with Gasteiger partial charge in [0.25, 0.3) is 0 Å². The van der Waals surface area contributed by atoms with E-state index in [4.69, 9.17) is 0 Å². The van der Waals surface area contributed by atoms with Crippen LogP contribution in [0, 0.1) is 0 Å². The predicted molar refractivity (Wildman–Crippen MR) is 249 cm³/mol. The maximum absolute atomic E-state index is 2.76. The van der Waals surface area contributed by atoms with E-state index in [1.54, 1.807) is 0 Å². The van der Waals surface area contributed by atoms with Crippen LogP contribution in [0.4, 0.5) is 11.4 Å². The van der Waals surface area contributed by atoms with Gasteiger partial charge < -0.3 is 4.90 Å². The molecule has 4 atom stereocenters. The van der Waals surface area contributed by atoms with Crippen molar-refractivity contribution in [3.63, 3.8) is 0 Å². The van der Waals surface area contributed by atoms with Gasteiger partial charge >= 0.3 is 0 Å². The molecule has 1 nitrogen and oxygen atoms in total. The Labute approximate surface area is 352 Å². The second kappa shape index (κ2) is 11.2. The largest absolute Gasteiger partial charge is 0.328 e. The molecule has 0 saturated heterocycles. The fourth-order valence-electron chi connectivity index (χ4n) is 13.3. The van der Waals surface area contributed by atoms with Crippen LogP contribution in [-0.2, 0) is 32.5 Å². The van der Waals surface area contributed by atoms with Gasteiger partial charge in [0.15, 0.2) is 0 Å². The minimum Gasteiger partial charge on any atom is -0.328 e. The third-order valence-corrected chi connectivity index (χ3v) is 16.1. The van der Waals surface area contributed by atoms with E-state index >= 15 is 0 Å². The number of benzene rings is 6. The molecule has 0 fully saturated rings. The van der Waals surface area contributed by atoms with E-state index in [9.17, 15) is 0 Å². The first kappa shape index (κ1) is 36.7. The Morgan fingerprint density at radius 2 is 1.15 bits per heavy atom. The van der Waals surface area contributed by atoms with Gasteiger partial charge in [-0.05, 0) is 129 Å². The van der Waals surface area contributed by atoms with Crippen LogP contribution in [-0.4, -0.2) is 5.54 Å². The lowest BCUT2D eigenvalue weighted by Crippen LogP contribution is -2.60. The van der Waals surface area contributed by atoms with Gasteiger partial charge in [0.2, 0.25) is 0 Å². The fourth-order valence-corrected chi connectivity index (χ4v) is 13.3. The summed E-state index contributed by atoms with van der Waals surface area (Å²) in [4.78, 5) is 2.73. The summed E-state index contributed by atoms with van der Waals surface area (Å²) in [5.74, 6) is 0. The van der Waals surface area contributed by atoms with E-state index < -0.39 is 11.0 Å². The summed E-state index contributed by atoms with van der Waals surface area (Å²) in [6, 6.07) is 49.4. The third-order valence-electron chi connectivity index (χ3n) is 16.1. The number of allylic oxidation sites excluding steroid dienone is 4. The predicted octanol–water partition coefficient (Wildman–Crippen LogP) is 14.6. The van der Waals surface area contributed by atoms with Crippen LogP contribution in [0.1, 0.15) is 115 Å². The first-order valence-electron chi connectivity index (χ1n) is 21.9. The Morgan fingerprint density at radius 1 is 0.508 bits per heavy atom. The average Bonchev–Trinajstić information content (AvgIpc) is 3.55. The normalized spacial score (nSPS) is 27.7. The van der Waals surface area contributed by atoms with Crippen LogP contribution in [0.3, 0.4) is 0 Å². The SMILES string of the molecule is CC(C)(C)c1ccc(C2(C)C=CC3(C)C4=C2C2(C)C(=CC4(C)c4c(ccc5ccccc45)N3c3ccc4c(c3)-c3ccccc3C4(C)C)C(C)(C)c3ccccc32)cc1. The molecule has 294 valence electrons. The summed E-state index contributed by atoms with van der Waals surface area (Å²) in [5.41, 5.74) is 17.9. The third kappa shape index (κ3) is 4.37. The molecule has 1 heteroatoms. The molecule has 0 spiro atoms. The quantitative estimate of drug-likeness (QED) is 0.159. The standard InChI is InChI=1S/C58H57N/c1-52(2,3)37-25-27-38(28-26-37)55(8)32-33-57(10)50-51(55)58(11)46-23-17-16-22-45(46)54(6,7)48(58)35-56(50,9)49-40-19-13-12-18-36(40)24-31-47(49)59(57)39-29-30-44-42(34-39)41-20-14-15-21-43(41)53(44,4)5/h12-35H,1-11H3. The molecule has 0 bridgehead atoms. The Morgan fingerprint density at radius 3 is 1.88 bits per heavy atom. The topological polar surface area (TPSA) is 3.24 Å². The van der Waals surface area contributed by atoms with Crippen molar-refractivity contribution in [2.45, 2.75) is 114 Å². The smallest absolute Gasteiger partial charge is 0.0833 e. The maximum Gasteiger partial charge on any atom is 0.0833 e. The van der Waals surface area contributed by atoms with Crippen molar-refractivity contribution < 1.29 is 0 Å². The molecule has 59 heavy (non-hydrogen) atoms. The van der Waals surface area contributed by atoms with Gasteiger partial charge in [-0.2, -0.15) is 0 Å². The van der Waals surface area contributed by atoms with Crippen LogP contribution in [0.2, 0.25) is 0 Å². The van der Waals surface area contributed by atoms with E-state index in [0.29, 0.717) is 0 Å². The van der Waals surface area contributed by atoms with Crippen molar-refractivity contribution in [3.8, 4) is 11.1 Å². The molecular weight excluding hydrogens is 711 g/mol. The van der Waals surface area contributed by atoms with E-state index in [1.807, 2.05) is 0 Å². The van der Waals surface area contributed by atoms with Crippen LogP contribution in [0.25, 0.3) is 21.9 Å². The highest BCUT2D eigenvalue weighted by Crippen LogP contribution is 2.71. The van der Waals surface area contributed by atoms with Crippen molar-refractivity contribution in [2.75, 3.05) is 4.90 Å². The van der Waals surface area contributed by atoms with Crippen LogP contribution in [0.5, 0.6) is 0 Å². The maximum atomic E-state index is 2.76. The van der Waals surface area contributed by atoms with Crippen molar-refractivity contribution in [1.29, 1.82) is 0 Å². The number of fused-ring (bicyclic) bond motifs is 11. The zero-order valence-electron chi connectivity index (χ0n) is 36.8. The summed E-state index contributed by atoms with van der Waals surface area (Å²) in [6.45, 7) is 26.9. The van der Waals surface area contributed by atoms with Gasteiger partial charge in [0, 0.05) is 38.4 Å². The second-order valence-electron chi connectivity index (χ2n) is 21.2. The van der Waals surface area contributed by atoms with Gasteiger partial charge in [-0.1, -0.05) is 176 Å². The zero-order valence-corrected chi connectivity index (χ0v) is 36.8. The molecule has 4 unspecified atom stereocenters. The number of anilines is 2. The van der Waals surface area contributed by atoms with Crippen LogP contribution < -0.4 is 4.90 Å². The van der Waals surface area contributed by atoms with Gasteiger partial charge in [-0.15, -0.1) is 0 Å². The number of hydrogen-bond donors (Lipinski definition) is 0. The van der Waals surface area contributed by atoms with Gasteiger partial charge in [0.1, 0.15) is 0 Å². The highest BCUT2D eigenvalue weighted by atomic mass is 15.2. The fraction of sp³-hybridized carbons (Fsp3) is 0.310. The molecular formula is C58H57N. The molecule has 6 aromatic rings. The zero-order chi connectivity index (χ0) is 41.3. The van der Waals surface area contributed by atoms with Crippen molar-refractivity contribution in [3.05, 3.63) is 201 Å². The molecule has 0 aromatic heterocycles. The summed E-state index contributed by atoms with van der Waals surface area (Å²) in [6.07, 6.45) is 7.96. The highest BCUT2D eigenvalue weighted by molar-refractivity contribution is 5.98. The Kier molecular flexibility index (Phi) is 6.99. The molecule has 11 rings (SSSR count). The number of rotatable bonds is 2. The average molecular weight is 768 g/mol. The first-order valence-corrected chi connectivity index (χ1v) is 21.9. The number of nitrogens with zero attached hydrogens (tertiary/aromatic N) is 1.